The van der Waals surface area contributed by atoms with Crippen LogP contribution in [0.25, 0.3) is 0 Å². The van der Waals surface area contributed by atoms with Crippen molar-refractivity contribution in [3.05, 3.63) is 12.8 Å². The van der Waals surface area contributed by atoms with E-state index in [-0.39, 0.29) is 6.09 Å². The Balaban J connectivity index is 3.14. The molecule has 0 rings (SSSR count). The van der Waals surface area contributed by atoms with Gasteiger partial charge in [0, 0.05) is 13.6 Å². The van der Waals surface area contributed by atoms with Gasteiger partial charge in [0.2, 0.25) is 0 Å². The molecule has 0 radical (unpaired) electrons. The summed E-state index contributed by atoms with van der Waals surface area (Å²) in [4.78, 5) is 13.3. The van der Waals surface area contributed by atoms with Gasteiger partial charge in [-0.3, -0.25) is 0 Å². The van der Waals surface area contributed by atoms with Crippen molar-refractivity contribution in [2.75, 3.05) is 152 Å². The normalized spacial score (nSPS) is 11.5. The highest BCUT2D eigenvalue weighted by molar-refractivity contribution is 5.67. The van der Waals surface area contributed by atoms with Gasteiger partial charge in [-0.05, 0) is 20.8 Å². The van der Waals surface area contributed by atoms with E-state index >= 15 is 0 Å². The van der Waals surface area contributed by atoms with Gasteiger partial charge in [-0.25, -0.2) is 4.79 Å². The summed E-state index contributed by atoms with van der Waals surface area (Å²) in [6, 6.07) is 0. The maximum atomic E-state index is 11.8. The van der Waals surface area contributed by atoms with Crippen LogP contribution in [-0.4, -0.2) is 169 Å². The lowest BCUT2D eigenvalue weighted by atomic mass is 10.2. The van der Waals surface area contributed by atoms with Gasteiger partial charge in [0.05, 0.1) is 138 Å². The summed E-state index contributed by atoms with van der Waals surface area (Å²) in [5.41, 5.74) is -0.509. The highest BCUT2D eigenvalue weighted by Gasteiger charge is 2.19. The summed E-state index contributed by atoms with van der Waals surface area (Å²) in [7, 11) is 1.68. The van der Waals surface area contributed by atoms with Gasteiger partial charge in [-0.1, -0.05) is 6.58 Å². The number of ether oxygens (including phenoxy) is 12. The highest BCUT2D eigenvalue weighted by Crippen LogP contribution is 2.08. The van der Waals surface area contributed by atoms with Gasteiger partial charge in [-0.15, -0.1) is 0 Å². The Morgan fingerprint density at radius 2 is 0.750 bits per heavy atom. The van der Waals surface area contributed by atoms with Crippen molar-refractivity contribution in [3.8, 4) is 0 Å². The first-order valence-corrected chi connectivity index (χ1v) is 15.3. The number of carbonyl (C=O) groups excluding carboxylic acids is 1. The molecule has 0 saturated heterocycles. The first-order valence-electron chi connectivity index (χ1n) is 15.3. The molecule has 0 aliphatic heterocycles. The molecule has 0 aromatic rings. The van der Waals surface area contributed by atoms with Crippen molar-refractivity contribution in [2.45, 2.75) is 26.4 Å². The molecule has 0 aromatic carbocycles. The Hall–Kier alpha value is -1.59. The lowest BCUT2D eigenvalue weighted by Crippen LogP contribution is -2.36. The van der Waals surface area contributed by atoms with E-state index in [1.165, 1.54) is 11.2 Å². The van der Waals surface area contributed by atoms with Crippen molar-refractivity contribution in [3.63, 3.8) is 0 Å². The molecule has 0 aliphatic rings. The number of hydrogen-bond acceptors (Lipinski definition) is 13. The van der Waals surface area contributed by atoms with Crippen LogP contribution in [0.2, 0.25) is 0 Å². The van der Waals surface area contributed by atoms with E-state index in [4.69, 9.17) is 56.8 Å². The molecule has 0 spiro atoms. The van der Waals surface area contributed by atoms with Gasteiger partial charge >= 0.3 is 6.09 Å². The molecular weight excluding hydrogens is 582 g/mol. The summed E-state index contributed by atoms with van der Waals surface area (Å²) >= 11 is 0. The predicted octanol–water partition coefficient (Wildman–Crippen LogP) is 2.18. The Bertz CT molecular complexity index is 622. The largest absolute Gasteiger partial charge is 0.499 e. The standard InChI is InChI=1S/C30H59NO13/c1-6-33-9-10-35-13-14-37-17-18-39-21-22-41-25-26-43-28-27-42-24-23-40-20-19-38-16-15-36-12-11-34-8-7-31(5)29(32)44-30(2,3)4/h6H,1,7-28H2,2-5H3. The molecule has 44 heavy (non-hydrogen) atoms. The molecule has 0 aliphatic carbocycles. The predicted molar refractivity (Wildman–Crippen MR) is 163 cm³/mol. The first kappa shape index (κ1) is 42.4. The quantitative estimate of drug-likeness (QED) is 0.0752. The number of nitrogens with zero attached hydrogens (tertiary/aromatic N) is 1. The molecule has 1 amide bonds. The Kier molecular flexibility index (Phi) is 31.6. The van der Waals surface area contributed by atoms with E-state index in [1.54, 1.807) is 7.05 Å². The van der Waals surface area contributed by atoms with E-state index in [1.807, 2.05) is 20.8 Å². The number of amides is 1. The van der Waals surface area contributed by atoms with Crippen molar-refractivity contribution >= 4 is 6.09 Å². The molecule has 0 aromatic heterocycles. The third-order valence-electron chi connectivity index (χ3n) is 5.09. The van der Waals surface area contributed by atoms with Gasteiger partial charge in [0.25, 0.3) is 0 Å². The fourth-order valence-electron chi connectivity index (χ4n) is 2.90. The minimum atomic E-state index is -0.509. The molecule has 0 unspecified atom stereocenters. The molecule has 0 N–H and O–H groups in total. The van der Waals surface area contributed by atoms with Gasteiger partial charge in [0.15, 0.2) is 0 Å². The lowest BCUT2D eigenvalue weighted by Gasteiger charge is -2.24. The number of rotatable bonds is 34. The molecule has 0 fully saturated rings. The number of hydrogen-bond donors (Lipinski definition) is 0. The monoisotopic (exact) mass is 641 g/mol. The van der Waals surface area contributed by atoms with Crippen LogP contribution in [0.5, 0.6) is 0 Å². The maximum Gasteiger partial charge on any atom is 0.410 e. The average molecular weight is 642 g/mol. The topological polar surface area (TPSA) is 131 Å². The van der Waals surface area contributed by atoms with Crippen LogP contribution in [0, 0.1) is 0 Å². The van der Waals surface area contributed by atoms with Crippen LogP contribution < -0.4 is 0 Å². The summed E-state index contributed by atoms with van der Waals surface area (Å²) in [6.07, 6.45) is 1.03. The van der Waals surface area contributed by atoms with E-state index in [2.05, 4.69) is 6.58 Å². The van der Waals surface area contributed by atoms with Gasteiger partial charge in [-0.2, -0.15) is 0 Å². The Morgan fingerprint density at radius 1 is 0.500 bits per heavy atom. The van der Waals surface area contributed by atoms with Crippen molar-refractivity contribution < 1.29 is 61.6 Å². The van der Waals surface area contributed by atoms with Crippen molar-refractivity contribution in [2.24, 2.45) is 0 Å². The van der Waals surface area contributed by atoms with Crippen LogP contribution in [0.1, 0.15) is 20.8 Å². The van der Waals surface area contributed by atoms with E-state index in [0.29, 0.717) is 145 Å². The summed E-state index contributed by atoms with van der Waals surface area (Å²) < 4.78 is 64.6. The average Bonchev–Trinajstić information content (AvgIpc) is 2.98. The Morgan fingerprint density at radius 3 is 1.00 bits per heavy atom. The molecule has 14 heteroatoms. The van der Waals surface area contributed by atoms with E-state index in [9.17, 15) is 4.79 Å². The second-order valence-electron chi connectivity index (χ2n) is 10.1. The highest BCUT2D eigenvalue weighted by atomic mass is 16.6. The third-order valence-corrected chi connectivity index (χ3v) is 5.09. The molecule has 0 atom stereocenters. The summed E-state index contributed by atoms with van der Waals surface area (Å²) in [5.74, 6) is 0. The fourth-order valence-corrected chi connectivity index (χ4v) is 2.90. The zero-order chi connectivity index (χ0) is 32.4. The molecule has 0 heterocycles. The van der Waals surface area contributed by atoms with Gasteiger partial charge in [0.1, 0.15) is 12.2 Å². The van der Waals surface area contributed by atoms with E-state index < -0.39 is 5.60 Å². The maximum absolute atomic E-state index is 11.8. The van der Waals surface area contributed by atoms with Crippen molar-refractivity contribution in [1.29, 1.82) is 0 Å². The van der Waals surface area contributed by atoms with Crippen LogP contribution in [0.3, 0.4) is 0 Å². The van der Waals surface area contributed by atoms with E-state index in [0.717, 1.165) is 0 Å². The summed E-state index contributed by atoms with van der Waals surface area (Å²) in [6.45, 7) is 19.8. The molecule has 0 saturated carbocycles. The minimum Gasteiger partial charge on any atom is -0.499 e. The van der Waals surface area contributed by atoms with Crippen LogP contribution in [-0.2, 0) is 56.8 Å². The molecule has 0 bridgehead atoms. The molecular formula is C30H59NO13. The number of carbonyl (C=O) groups is 1. The minimum absolute atomic E-state index is 0.364. The van der Waals surface area contributed by atoms with Crippen LogP contribution >= 0.6 is 0 Å². The number of likely N-dealkylation sites (N-methyl/N-ethyl adjacent to an activating group) is 1. The zero-order valence-electron chi connectivity index (χ0n) is 27.6. The lowest BCUT2D eigenvalue weighted by molar-refractivity contribution is -0.0271. The second-order valence-corrected chi connectivity index (χ2v) is 10.1. The second kappa shape index (κ2) is 32.8. The van der Waals surface area contributed by atoms with Crippen LogP contribution in [0.15, 0.2) is 12.8 Å². The fraction of sp³-hybridized carbons (Fsp3) is 0.900. The molecule has 14 nitrogen and oxygen atoms in total. The molecule has 262 valence electrons. The smallest absolute Gasteiger partial charge is 0.410 e. The van der Waals surface area contributed by atoms with Crippen LogP contribution in [0.4, 0.5) is 4.79 Å². The SMILES string of the molecule is C=COCCOCCOCCOCCOCCOCCOCCOCCOCCOCCOCCN(C)C(=O)OC(C)(C)C. The Labute approximate surface area is 264 Å². The zero-order valence-corrected chi connectivity index (χ0v) is 27.6. The third kappa shape index (κ3) is 34.9. The first-order chi connectivity index (χ1) is 21.4. The van der Waals surface area contributed by atoms with Gasteiger partial charge < -0.3 is 61.7 Å². The summed E-state index contributed by atoms with van der Waals surface area (Å²) in [5, 5.41) is 0. The van der Waals surface area contributed by atoms with Crippen molar-refractivity contribution in [1.82, 2.24) is 4.90 Å².